The molecule has 0 saturated carbocycles. The van der Waals surface area contributed by atoms with Crippen molar-refractivity contribution in [1.29, 1.82) is 0 Å². The molecule has 0 aliphatic rings. The summed E-state index contributed by atoms with van der Waals surface area (Å²) < 4.78 is 67.4. The van der Waals surface area contributed by atoms with Gasteiger partial charge in [0.25, 0.3) is 12.9 Å². The summed E-state index contributed by atoms with van der Waals surface area (Å²) in [5.41, 5.74) is 0. The van der Waals surface area contributed by atoms with Crippen LogP contribution in [0.4, 0.5) is 17.6 Å². The minimum absolute atomic E-state index is 0.766. The highest BCUT2D eigenvalue weighted by atomic mass is 31.1. The van der Waals surface area contributed by atoms with E-state index in [1.165, 1.54) is 0 Å². The number of aliphatic hydroxyl groups is 2. The van der Waals surface area contributed by atoms with Gasteiger partial charge in [0, 0.05) is 0 Å². The number of rotatable bonds is 6. The molecule has 106 valence electrons. The molecule has 0 rings (SSSR count). The van der Waals surface area contributed by atoms with Gasteiger partial charge in [-0.05, 0) is 13.8 Å². The molecule has 0 aliphatic heterocycles. The maximum atomic E-state index is 12.0. The lowest BCUT2D eigenvalue weighted by atomic mass is 10.4. The lowest BCUT2D eigenvalue weighted by Crippen LogP contribution is -2.01. The van der Waals surface area contributed by atoms with E-state index in [4.69, 9.17) is 10.2 Å². The van der Waals surface area contributed by atoms with E-state index in [2.05, 4.69) is 9.05 Å². The Kier molecular flexibility index (Phi) is 6.61. The maximum Gasteiger partial charge on any atom is 0.418 e. The summed E-state index contributed by atoms with van der Waals surface area (Å²) in [5, 5.41) is 17.4. The summed E-state index contributed by atoms with van der Waals surface area (Å²) in [4.78, 5) is 0. The molecule has 0 saturated heterocycles. The van der Waals surface area contributed by atoms with Crippen molar-refractivity contribution in [3.8, 4) is 0 Å². The van der Waals surface area contributed by atoms with E-state index in [0.29, 0.717) is 0 Å². The van der Waals surface area contributed by atoms with Crippen molar-refractivity contribution in [3.63, 3.8) is 0 Å². The Labute approximate surface area is 100 Å². The standard InChI is InChI=1S/C8H11F4O5P/c1-3(5(13)7(9)10)16-18(15)17-4(2)6(14)8(11)12/h7-8,13-14,18H,1-2H3. The molecule has 0 radical (unpaired) electrons. The third-order valence-electron chi connectivity index (χ3n) is 1.61. The largest absolute Gasteiger partial charge is 0.504 e. The fourth-order valence-electron chi connectivity index (χ4n) is 0.683. The molecule has 0 heterocycles. The van der Waals surface area contributed by atoms with Crippen molar-refractivity contribution < 1.29 is 41.4 Å². The molecule has 0 atom stereocenters. The minimum Gasteiger partial charge on any atom is -0.504 e. The Balaban J connectivity index is 4.65. The molecule has 2 N–H and O–H groups in total. The van der Waals surface area contributed by atoms with Crippen molar-refractivity contribution in [3.05, 3.63) is 23.0 Å². The van der Waals surface area contributed by atoms with Crippen LogP contribution < -0.4 is 0 Å². The number of halogens is 4. The topological polar surface area (TPSA) is 76.0 Å². The molecule has 0 aromatic carbocycles. The van der Waals surface area contributed by atoms with E-state index < -0.39 is 44.1 Å². The summed E-state index contributed by atoms with van der Waals surface area (Å²) in [6, 6.07) is 0. The van der Waals surface area contributed by atoms with Gasteiger partial charge in [-0.1, -0.05) is 0 Å². The van der Waals surface area contributed by atoms with Gasteiger partial charge in [-0.2, -0.15) is 0 Å². The van der Waals surface area contributed by atoms with E-state index in [-0.39, 0.29) is 0 Å². The van der Waals surface area contributed by atoms with Gasteiger partial charge >= 0.3 is 8.25 Å². The molecule has 0 aromatic rings. The molecule has 0 aromatic heterocycles. The SMILES string of the molecule is CC(O[PH](=O)OC(C)=C(O)C(F)F)=C(O)C(F)F. The summed E-state index contributed by atoms with van der Waals surface area (Å²) in [6.45, 7) is 1.78. The highest BCUT2D eigenvalue weighted by molar-refractivity contribution is 7.33. The average Bonchev–Trinajstić information content (AvgIpc) is 2.25. The van der Waals surface area contributed by atoms with Crippen LogP contribution in [0.2, 0.25) is 0 Å². The highest BCUT2D eigenvalue weighted by Gasteiger charge is 2.18. The number of alkyl halides is 4. The molecule has 0 unspecified atom stereocenters. The van der Waals surface area contributed by atoms with Crippen LogP contribution in [0.3, 0.4) is 0 Å². The van der Waals surface area contributed by atoms with Gasteiger partial charge in [0.2, 0.25) is 0 Å². The lowest BCUT2D eigenvalue weighted by Gasteiger charge is -2.11. The molecular weight excluding hydrogens is 283 g/mol. The number of hydrogen-bond donors (Lipinski definition) is 2. The van der Waals surface area contributed by atoms with Crippen molar-refractivity contribution >= 4 is 8.25 Å². The summed E-state index contributed by atoms with van der Waals surface area (Å²) in [5.74, 6) is -4.43. The van der Waals surface area contributed by atoms with Crippen LogP contribution in [0.25, 0.3) is 0 Å². The first-order chi connectivity index (χ1) is 8.16. The second-order valence-electron chi connectivity index (χ2n) is 2.94. The summed E-state index contributed by atoms with van der Waals surface area (Å²) >= 11 is 0. The molecule has 5 nitrogen and oxygen atoms in total. The van der Waals surface area contributed by atoms with Gasteiger partial charge in [0.1, 0.15) is 11.5 Å². The van der Waals surface area contributed by atoms with Gasteiger partial charge < -0.3 is 19.3 Å². The maximum absolute atomic E-state index is 12.0. The molecule has 0 amide bonds. The van der Waals surface area contributed by atoms with Crippen molar-refractivity contribution in [2.75, 3.05) is 0 Å². The third-order valence-corrected chi connectivity index (χ3v) is 2.55. The normalized spacial score (nSPS) is 16.2. The van der Waals surface area contributed by atoms with E-state index >= 15 is 0 Å². The monoisotopic (exact) mass is 294 g/mol. The zero-order valence-electron chi connectivity index (χ0n) is 9.29. The quantitative estimate of drug-likeness (QED) is 0.445. The van der Waals surface area contributed by atoms with Crippen LogP contribution >= 0.6 is 8.25 Å². The van der Waals surface area contributed by atoms with Crippen LogP contribution in [-0.4, -0.2) is 23.1 Å². The van der Waals surface area contributed by atoms with E-state index in [1.807, 2.05) is 0 Å². The van der Waals surface area contributed by atoms with Crippen LogP contribution in [0.15, 0.2) is 23.0 Å². The van der Waals surface area contributed by atoms with Crippen molar-refractivity contribution in [1.82, 2.24) is 0 Å². The number of hydrogen-bond acceptors (Lipinski definition) is 5. The second-order valence-corrected chi connectivity index (χ2v) is 3.85. The predicted molar refractivity (Wildman–Crippen MR) is 53.8 cm³/mol. The molecule has 0 aliphatic carbocycles. The number of aliphatic hydroxyl groups excluding tert-OH is 2. The Bertz CT molecular complexity index is 346. The molecule has 0 fully saturated rings. The number of allylic oxidation sites excluding steroid dienone is 4. The first-order valence-corrected chi connectivity index (χ1v) is 5.64. The summed E-state index contributed by atoms with van der Waals surface area (Å²) in [6.07, 6.45) is -6.46. The van der Waals surface area contributed by atoms with E-state index in [9.17, 15) is 22.1 Å². The van der Waals surface area contributed by atoms with Gasteiger partial charge in [-0.15, -0.1) is 0 Å². The average molecular weight is 294 g/mol. The fraction of sp³-hybridized carbons (Fsp3) is 0.500. The zero-order chi connectivity index (χ0) is 14.5. The smallest absolute Gasteiger partial charge is 0.418 e. The molecule has 10 heteroatoms. The Morgan fingerprint density at radius 2 is 1.22 bits per heavy atom. The lowest BCUT2D eigenvalue weighted by molar-refractivity contribution is 0.114. The second kappa shape index (κ2) is 7.15. The van der Waals surface area contributed by atoms with Gasteiger partial charge in [0.05, 0.1) is 0 Å². The Hall–Kier alpha value is -1.37. The highest BCUT2D eigenvalue weighted by Crippen LogP contribution is 2.33. The van der Waals surface area contributed by atoms with Crippen LogP contribution in [-0.2, 0) is 13.6 Å². The minimum atomic E-state index is -3.50. The molecule has 18 heavy (non-hydrogen) atoms. The van der Waals surface area contributed by atoms with E-state index in [1.54, 1.807) is 0 Å². The van der Waals surface area contributed by atoms with Gasteiger partial charge in [-0.25, -0.2) is 22.1 Å². The van der Waals surface area contributed by atoms with Gasteiger partial charge in [-0.3, -0.25) is 0 Å². The molecule has 0 bridgehead atoms. The van der Waals surface area contributed by atoms with Crippen molar-refractivity contribution in [2.24, 2.45) is 0 Å². The molecular formula is C8H11F4O5P. The third kappa shape index (κ3) is 5.31. The molecule has 0 spiro atoms. The van der Waals surface area contributed by atoms with Crippen molar-refractivity contribution in [2.45, 2.75) is 26.7 Å². The first kappa shape index (κ1) is 16.6. The predicted octanol–water partition coefficient (Wildman–Crippen LogP) is 3.52. The Morgan fingerprint density at radius 1 is 0.944 bits per heavy atom. The fourth-order valence-corrected chi connectivity index (χ4v) is 1.43. The van der Waals surface area contributed by atoms with Crippen LogP contribution in [0.1, 0.15) is 13.8 Å². The Morgan fingerprint density at radius 3 is 1.44 bits per heavy atom. The summed E-state index contributed by atoms with van der Waals surface area (Å²) in [7, 11) is -3.50. The van der Waals surface area contributed by atoms with E-state index in [0.717, 1.165) is 13.8 Å². The van der Waals surface area contributed by atoms with Crippen LogP contribution in [0.5, 0.6) is 0 Å². The van der Waals surface area contributed by atoms with Crippen LogP contribution in [0, 0.1) is 0 Å². The van der Waals surface area contributed by atoms with Gasteiger partial charge in [0.15, 0.2) is 11.5 Å². The first-order valence-electron chi connectivity index (χ1n) is 4.42. The zero-order valence-corrected chi connectivity index (χ0v) is 10.3.